The molecule has 2 aromatic rings. The van der Waals surface area contributed by atoms with Gasteiger partial charge in [-0.1, -0.05) is 36.4 Å². The second-order valence-electron chi connectivity index (χ2n) is 3.79. The van der Waals surface area contributed by atoms with Crippen LogP contribution >= 0.6 is 0 Å². The van der Waals surface area contributed by atoms with Crippen LogP contribution in [0.5, 0.6) is 0 Å². The first kappa shape index (κ1) is 11.8. The number of aromatic nitrogens is 1. The number of nitrogens with zero attached hydrogens (tertiary/aromatic N) is 1. The molecule has 3 heteroatoms. The van der Waals surface area contributed by atoms with Crippen molar-refractivity contribution in [3.8, 4) is 0 Å². The fraction of sp³-hybridized carbons (Fsp3) is 0.214. The van der Waals surface area contributed by atoms with Crippen LogP contribution in [0.4, 0.5) is 0 Å². The summed E-state index contributed by atoms with van der Waals surface area (Å²) >= 11 is 0. The van der Waals surface area contributed by atoms with E-state index in [0.29, 0.717) is 19.8 Å². The molecular formula is C14H16N2O. The number of nitrogens with two attached hydrogens (primary N) is 1. The second kappa shape index (κ2) is 6.13. The largest absolute Gasteiger partial charge is 0.372 e. The maximum atomic E-state index is 5.65. The van der Waals surface area contributed by atoms with E-state index in [-0.39, 0.29) is 0 Å². The van der Waals surface area contributed by atoms with Crippen LogP contribution in [-0.4, -0.2) is 4.98 Å². The Bertz CT molecular complexity index is 457. The Balaban J connectivity index is 1.90. The Morgan fingerprint density at radius 2 is 1.82 bits per heavy atom. The third-order valence-corrected chi connectivity index (χ3v) is 2.55. The van der Waals surface area contributed by atoms with E-state index in [1.807, 2.05) is 42.5 Å². The van der Waals surface area contributed by atoms with Gasteiger partial charge in [-0.05, 0) is 11.6 Å². The van der Waals surface area contributed by atoms with Crippen molar-refractivity contribution >= 4 is 0 Å². The minimum atomic E-state index is 0.449. The lowest BCUT2D eigenvalue weighted by Gasteiger charge is -2.07. The number of rotatable bonds is 5. The number of hydrogen-bond acceptors (Lipinski definition) is 3. The molecule has 0 unspecified atom stereocenters. The van der Waals surface area contributed by atoms with Crippen molar-refractivity contribution in [2.75, 3.05) is 0 Å². The Morgan fingerprint density at radius 1 is 1.00 bits per heavy atom. The zero-order valence-electron chi connectivity index (χ0n) is 9.67. The lowest BCUT2D eigenvalue weighted by molar-refractivity contribution is 0.106. The lowest BCUT2D eigenvalue weighted by Crippen LogP contribution is -2.05. The molecule has 1 aromatic carbocycles. The number of ether oxygens (including phenoxy) is 1. The van der Waals surface area contributed by atoms with Gasteiger partial charge in [0.05, 0.1) is 18.9 Å². The SMILES string of the molecule is NCc1ncccc1COCc1ccccc1. The van der Waals surface area contributed by atoms with Gasteiger partial charge in [-0.2, -0.15) is 0 Å². The minimum Gasteiger partial charge on any atom is -0.372 e. The molecule has 0 radical (unpaired) electrons. The van der Waals surface area contributed by atoms with E-state index in [1.54, 1.807) is 6.20 Å². The van der Waals surface area contributed by atoms with Gasteiger partial charge in [-0.25, -0.2) is 0 Å². The predicted octanol–water partition coefficient (Wildman–Crippen LogP) is 2.26. The first-order valence-electron chi connectivity index (χ1n) is 5.64. The summed E-state index contributed by atoms with van der Waals surface area (Å²) in [5.74, 6) is 0. The van der Waals surface area contributed by atoms with Gasteiger partial charge in [0.1, 0.15) is 0 Å². The highest BCUT2D eigenvalue weighted by Crippen LogP contribution is 2.08. The van der Waals surface area contributed by atoms with E-state index in [9.17, 15) is 0 Å². The fourth-order valence-corrected chi connectivity index (χ4v) is 1.64. The van der Waals surface area contributed by atoms with Gasteiger partial charge < -0.3 is 10.5 Å². The standard InChI is InChI=1S/C14H16N2O/c15-9-14-13(7-4-8-16-14)11-17-10-12-5-2-1-3-6-12/h1-8H,9-11,15H2. The van der Waals surface area contributed by atoms with Crippen LogP contribution in [-0.2, 0) is 24.5 Å². The van der Waals surface area contributed by atoms with E-state index in [2.05, 4.69) is 4.98 Å². The van der Waals surface area contributed by atoms with Crippen LogP contribution in [0.1, 0.15) is 16.8 Å². The molecule has 2 N–H and O–H groups in total. The van der Waals surface area contributed by atoms with Crippen LogP contribution in [0, 0.1) is 0 Å². The second-order valence-corrected chi connectivity index (χ2v) is 3.79. The van der Waals surface area contributed by atoms with Crippen molar-refractivity contribution < 1.29 is 4.74 Å². The molecule has 0 spiro atoms. The van der Waals surface area contributed by atoms with Crippen molar-refractivity contribution in [2.45, 2.75) is 19.8 Å². The highest BCUT2D eigenvalue weighted by Gasteiger charge is 2.01. The van der Waals surface area contributed by atoms with Crippen molar-refractivity contribution in [3.63, 3.8) is 0 Å². The molecule has 0 atom stereocenters. The molecule has 0 saturated carbocycles. The predicted molar refractivity (Wildman–Crippen MR) is 67.1 cm³/mol. The lowest BCUT2D eigenvalue weighted by atomic mass is 10.2. The Kier molecular flexibility index (Phi) is 4.24. The highest BCUT2D eigenvalue weighted by molar-refractivity contribution is 5.19. The van der Waals surface area contributed by atoms with Crippen LogP contribution in [0.2, 0.25) is 0 Å². The third-order valence-electron chi connectivity index (χ3n) is 2.55. The summed E-state index contributed by atoms with van der Waals surface area (Å²) in [6.07, 6.45) is 1.75. The van der Waals surface area contributed by atoms with Crippen LogP contribution in [0.15, 0.2) is 48.7 Å². The Hall–Kier alpha value is -1.71. The summed E-state index contributed by atoms with van der Waals surface area (Å²) in [4.78, 5) is 4.22. The fourth-order valence-electron chi connectivity index (χ4n) is 1.64. The summed E-state index contributed by atoms with van der Waals surface area (Å²) in [7, 11) is 0. The molecule has 0 saturated heterocycles. The van der Waals surface area contributed by atoms with Crippen molar-refractivity contribution in [2.24, 2.45) is 5.73 Å². The molecule has 0 bridgehead atoms. The number of pyridine rings is 1. The zero-order valence-corrected chi connectivity index (χ0v) is 9.67. The van der Waals surface area contributed by atoms with E-state index in [0.717, 1.165) is 11.3 Å². The minimum absolute atomic E-state index is 0.449. The van der Waals surface area contributed by atoms with Gasteiger partial charge in [-0.3, -0.25) is 4.98 Å². The summed E-state index contributed by atoms with van der Waals surface area (Å²) in [5, 5.41) is 0. The Labute approximate surface area is 101 Å². The Morgan fingerprint density at radius 3 is 2.59 bits per heavy atom. The molecule has 0 aliphatic heterocycles. The highest BCUT2D eigenvalue weighted by atomic mass is 16.5. The van der Waals surface area contributed by atoms with Gasteiger partial charge in [-0.15, -0.1) is 0 Å². The summed E-state index contributed by atoms with van der Waals surface area (Å²) < 4.78 is 5.65. The van der Waals surface area contributed by atoms with Gasteiger partial charge in [0.15, 0.2) is 0 Å². The molecular weight excluding hydrogens is 212 g/mol. The van der Waals surface area contributed by atoms with E-state index >= 15 is 0 Å². The van der Waals surface area contributed by atoms with Gasteiger partial charge in [0.25, 0.3) is 0 Å². The molecule has 0 fully saturated rings. The van der Waals surface area contributed by atoms with Crippen LogP contribution < -0.4 is 5.73 Å². The smallest absolute Gasteiger partial charge is 0.0739 e. The molecule has 88 valence electrons. The average molecular weight is 228 g/mol. The quantitative estimate of drug-likeness (QED) is 0.854. The topological polar surface area (TPSA) is 48.1 Å². The molecule has 0 aliphatic rings. The van der Waals surface area contributed by atoms with Gasteiger partial charge >= 0.3 is 0 Å². The van der Waals surface area contributed by atoms with Crippen LogP contribution in [0.25, 0.3) is 0 Å². The maximum Gasteiger partial charge on any atom is 0.0739 e. The molecule has 0 aliphatic carbocycles. The number of benzene rings is 1. The zero-order chi connectivity index (χ0) is 11.9. The summed E-state index contributed by atoms with van der Waals surface area (Å²) in [6.45, 7) is 1.61. The van der Waals surface area contributed by atoms with Gasteiger partial charge in [0, 0.05) is 18.3 Å². The molecule has 3 nitrogen and oxygen atoms in total. The monoisotopic (exact) mass is 228 g/mol. The van der Waals surface area contributed by atoms with Crippen molar-refractivity contribution in [3.05, 3.63) is 65.5 Å². The first-order chi connectivity index (χ1) is 8.40. The average Bonchev–Trinajstić information content (AvgIpc) is 2.40. The molecule has 17 heavy (non-hydrogen) atoms. The van der Waals surface area contributed by atoms with E-state index in [1.165, 1.54) is 5.56 Å². The molecule has 2 rings (SSSR count). The van der Waals surface area contributed by atoms with Crippen molar-refractivity contribution in [1.29, 1.82) is 0 Å². The van der Waals surface area contributed by atoms with Crippen LogP contribution in [0.3, 0.4) is 0 Å². The number of hydrogen-bond donors (Lipinski definition) is 1. The molecule has 1 aromatic heterocycles. The van der Waals surface area contributed by atoms with E-state index in [4.69, 9.17) is 10.5 Å². The molecule has 1 heterocycles. The summed E-state index contributed by atoms with van der Waals surface area (Å²) in [6, 6.07) is 14.0. The third kappa shape index (κ3) is 3.37. The van der Waals surface area contributed by atoms with Gasteiger partial charge in [0.2, 0.25) is 0 Å². The maximum absolute atomic E-state index is 5.65. The first-order valence-corrected chi connectivity index (χ1v) is 5.64. The normalized spacial score (nSPS) is 10.4. The van der Waals surface area contributed by atoms with E-state index < -0.39 is 0 Å². The van der Waals surface area contributed by atoms with Crippen molar-refractivity contribution in [1.82, 2.24) is 4.98 Å². The summed E-state index contributed by atoms with van der Waals surface area (Å²) in [5.41, 5.74) is 8.75. The molecule has 0 amide bonds.